The van der Waals surface area contributed by atoms with E-state index in [0.29, 0.717) is 17.3 Å². The zero-order valence-corrected chi connectivity index (χ0v) is 14.8. The molecular formula is C18H22ClN3O2. The molecule has 0 aromatic heterocycles. The summed E-state index contributed by atoms with van der Waals surface area (Å²) in [6.45, 7) is 0.455. The lowest BCUT2D eigenvalue weighted by Gasteiger charge is -2.25. The van der Waals surface area contributed by atoms with Gasteiger partial charge in [-0.05, 0) is 43.9 Å². The third-order valence-corrected chi connectivity index (χ3v) is 4.01. The highest BCUT2D eigenvalue weighted by Gasteiger charge is 2.16. The monoisotopic (exact) mass is 347 g/mol. The Bertz CT molecular complexity index is 691. The number of nitrogens with zero attached hydrogens (tertiary/aromatic N) is 1. The van der Waals surface area contributed by atoms with E-state index in [2.05, 4.69) is 10.6 Å². The molecule has 0 aliphatic heterocycles. The van der Waals surface area contributed by atoms with Crippen molar-refractivity contribution >= 4 is 23.3 Å². The maximum absolute atomic E-state index is 12.1. The molecule has 0 aliphatic carbocycles. The van der Waals surface area contributed by atoms with E-state index < -0.39 is 0 Å². The fraction of sp³-hybridized carbons (Fsp3) is 0.278. The Labute approximate surface area is 147 Å². The number of rotatable bonds is 6. The molecule has 2 amide bonds. The first-order valence-electron chi connectivity index (χ1n) is 7.61. The summed E-state index contributed by atoms with van der Waals surface area (Å²) < 4.78 is 5.27. The number of anilines is 1. The van der Waals surface area contributed by atoms with Gasteiger partial charge in [-0.3, -0.25) is 0 Å². The van der Waals surface area contributed by atoms with Gasteiger partial charge < -0.3 is 20.3 Å². The van der Waals surface area contributed by atoms with Crippen LogP contribution in [0.25, 0.3) is 0 Å². The van der Waals surface area contributed by atoms with E-state index in [4.69, 9.17) is 16.3 Å². The summed E-state index contributed by atoms with van der Waals surface area (Å²) in [5.41, 5.74) is 1.65. The lowest BCUT2D eigenvalue weighted by molar-refractivity contribution is 0.243. The van der Waals surface area contributed by atoms with Crippen molar-refractivity contribution in [2.75, 3.05) is 33.1 Å². The van der Waals surface area contributed by atoms with Gasteiger partial charge in [0.15, 0.2) is 0 Å². The topological polar surface area (TPSA) is 53.6 Å². The summed E-state index contributed by atoms with van der Waals surface area (Å²) in [5.74, 6) is 0.792. The molecule has 6 heteroatoms. The van der Waals surface area contributed by atoms with Gasteiger partial charge in [-0.15, -0.1) is 0 Å². The highest BCUT2D eigenvalue weighted by Crippen LogP contribution is 2.23. The molecule has 1 atom stereocenters. The quantitative estimate of drug-likeness (QED) is 0.836. The van der Waals surface area contributed by atoms with E-state index in [1.165, 1.54) is 0 Å². The van der Waals surface area contributed by atoms with Crippen molar-refractivity contribution in [3.05, 3.63) is 59.1 Å². The summed E-state index contributed by atoms with van der Waals surface area (Å²) in [4.78, 5) is 14.2. The summed E-state index contributed by atoms with van der Waals surface area (Å²) >= 11 is 6.05. The summed E-state index contributed by atoms with van der Waals surface area (Å²) in [6.07, 6.45) is 0. The minimum Gasteiger partial charge on any atom is -0.497 e. The Morgan fingerprint density at radius 2 is 1.96 bits per heavy atom. The molecular weight excluding hydrogens is 326 g/mol. The Morgan fingerprint density at radius 3 is 2.62 bits per heavy atom. The molecule has 24 heavy (non-hydrogen) atoms. The second-order valence-corrected chi connectivity index (χ2v) is 5.98. The average molecular weight is 348 g/mol. The molecule has 0 saturated heterocycles. The van der Waals surface area contributed by atoms with Gasteiger partial charge in [0.2, 0.25) is 0 Å². The minimum absolute atomic E-state index is 0.0251. The highest BCUT2D eigenvalue weighted by atomic mass is 35.5. The average Bonchev–Trinajstić information content (AvgIpc) is 2.57. The smallest absolute Gasteiger partial charge is 0.319 e. The number of benzene rings is 2. The molecule has 128 valence electrons. The SMILES string of the molecule is COc1cccc(C(CNC(=O)Nc2ccccc2Cl)N(C)C)c1. The van der Waals surface area contributed by atoms with Gasteiger partial charge in [0, 0.05) is 6.54 Å². The number of nitrogens with one attached hydrogen (secondary N) is 2. The fourth-order valence-corrected chi connectivity index (χ4v) is 2.55. The molecule has 0 spiro atoms. The van der Waals surface area contributed by atoms with Crippen LogP contribution in [0, 0.1) is 0 Å². The van der Waals surface area contributed by atoms with E-state index in [1.54, 1.807) is 19.2 Å². The van der Waals surface area contributed by atoms with E-state index in [1.807, 2.05) is 55.4 Å². The lowest BCUT2D eigenvalue weighted by atomic mass is 10.1. The van der Waals surface area contributed by atoms with Crippen LogP contribution in [0.15, 0.2) is 48.5 Å². The van der Waals surface area contributed by atoms with Gasteiger partial charge in [-0.25, -0.2) is 4.79 Å². The molecule has 0 saturated carbocycles. The lowest BCUT2D eigenvalue weighted by Crippen LogP contribution is -2.36. The van der Waals surface area contributed by atoms with Crippen LogP contribution in [-0.2, 0) is 0 Å². The van der Waals surface area contributed by atoms with Crippen LogP contribution in [0.1, 0.15) is 11.6 Å². The molecule has 2 aromatic carbocycles. The number of methoxy groups -OCH3 is 1. The number of para-hydroxylation sites is 1. The van der Waals surface area contributed by atoms with E-state index in [9.17, 15) is 4.79 Å². The number of hydrogen-bond donors (Lipinski definition) is 2. The van der Waals surface area contributed by atoms with Crippen LogP contribution in [0.5, 0.6) is 5.75 Å². The van der Waals surface area contributed by atoms with E-state index in [0.717, 1.165) is 11.3 Å². The van der Waals surface area contributed by atoms with Crippen LogP contribution >= 0.6 is 11.6 Å². The predicted molar refractivity (Wildman–Crippen MR) is 97.9 cm³/mol. The number of ether oxygens (including phenoxy) is 1. The molecule has 2 aromatic rings. The molecule has 0 aliphatic rings. The van der Waals surface area contributed by atoms with Gasteiger partial charge in [0.05, 0.1) is 23.9 Å². The fourth-order valence-electron chi connectivity index (χ4n) is 2.37. The van der Waals surface area contributed by atoms with Crippen molar-refractivity contribution in [1.29, 1.82) is 0 Å². The van der Waals surface area contributed by atoms with Crippen LogP contribution in [-0.4, -0.2) is 38.7 Å². The zero-order valence-electron chi connectivity index (χ0n) is 14.0. The minimum atomic E-state index is -0.294. The van der Waals surface area contributed by atoms with E-state index in [-0.39, 0.29) is 12.1 Å². The summed E-state index contributed by atoms with van der Waals surface area (Å²) in [7, 11) is 5.58. The first kappa shape index (κ1) is 18.1. The molecule has 1 unspecified atom stereocenters. The van der Waals surface area contributed by atoms with Gasteiger partial charge in [-0.2, -0.15) is 0 Å². The number of amides is 2. The van der Waals surface area contributed by atoms with Crippen molar-refractivity contribution in [3.8, 4) is 5.75 Å². The molecule has 0 radical (unpaired) electrons. The van der Waals surface area contributed by atoms with Gasteiger partial charge in [0.25, 0.3) is 0 Å². The first-order valence-corrected chi connectivity index (χ1v) is 7.99. The van der Waals surface area contributed by atoms with Crippen molar-refractivity contribution < 1.29 is 9.53 Å². The van der Waals surface area contributed by atoms with Crippen LogP contribution in [0.2, 0.25) is 5.02 Å². The first-order chi connectivity index (χ1) is 11.5. The Morgan fingerprint density at radius 1 is 1.21 bits per heavy atom. The maximum Gasteiger partial charge on any atom is 0.319 e. The zero-order chi connectivity index (χ0) is 17.5. The number of carbonyl (C=O) groups is 1. The van der Waals surface area contributed by atoms with Crippen LogP contribution < -0.4 is 15.4 Å². The normalized spacial score (nSPS) is 11.9. The molecule has 2 rings (SSSR count). The highest BCUT2D eigenvalue weighted by molar-refractivity contribution is 6.33. The third kappa shape index (κ3) is 4.88. The Hall–Kier alpha value is -2.24. The van der Waals surface area contributed by atoms with Crippen molar-refractivity contribution in [3.63, 3.8) is 0 Å². The Kier molecular flexibility index (Phi) is 6.46. The second kappa shape index (κ2) is 8.57. The second-order valence-electron chi connectivity index (χ2n) is 5.57. The molecule has 0 bridgehead atoms. The number of carbonyl (C=O) groups excluding carboxylic acids is 1. The van der Waals surface area contributed by atoms with E-state index >= 15 is 0 Å². The summed E-state index contributed by atoms with van der Waals surface area (Å²) in [6, 6.07) is 14.7. The van der Waals surface area contributed by atoms with Gasteiger partial charge in [0.1, 0.15) is 5.75 Å². The van der Waals surface area contributed by atoms with Crippen LogP contribution in [0.3, 0.4) is 0 Å². The largest absolute Gasteiger partial charge is 0.497 e. The predicted octanol–water partition coefficient (Wildman–Crippen LogP) is 3.77. The molecule has 0 heterocycles. The van der Waals surface area contributed by atoms with Gasteiger partial charge in [-0.1, -0.05) is 35.9 Å². The third-order valence-electron chi connectivity index (χ3n) is 3.68. The number of urea groups is 1. The van der Waals surface area contributed by atoms with Crippen molar-refractivity contribution in [2.24, 2.45) is 0 Å². The standard InChI is InChI=1S/C18H22ClN3O2/c1-22(2)17(13-7-6-8-14(11-13)24-3)12-20-18(23)21-16-10-5-4-9-15(16)19/h4-11,17H,12H2,1-3H3,(H2,20,21,23). The molecule has 5 nitrogen and oxygen atoms in total. The van der Waals surface area contributed by atoms with Crippen LogP contribution in [0.4, 0.5) is 10.5 Å². The Balaban J connectivity index is 2.01. The summed E-state index contributed by atoms with van der Waals surface area (Å²) in [5, 5.41) is 6.14. The molecule has 2 N–H and O–H groups in total. The number of likely N-dealkylation sites (N-methyl/N-ethyl adjacent to an activating group) is 1. The number of hydrogen-bond acceptors (Lipinski definition) is 3. The van der Waals surface area contributed by atoms with Gasteiger partial charge >= 0.3 is 6.03 Å². The number of halogens is 1. The maximum atomic E-state index is 12.1. The molecule has 0 fully saturated rings. The van der Waals surface area contributed by atoms with Crippen molar-refractivity contribution in [2.45, 2.75) is 6.04 Å². The van der Waals surface area contributed by atoms with Crippen molar-refractivity contribution in [1.82, 2.24) is 10.2 Å².